The topological polar surface area (TPSA) is 30.5 Å². The van der Waals surface area contributed by atoms with E-state index < -0.39 is 0 Å². The summed E-state index contributed by atoms with van der Waals surface area (Å²) < 4.78 is 1.80. The van der Waals surface area contributed by atoms with Crippen molar-refractivity contribution in [3.8, 4) is 0 Å². The Balaban J connectivity index is 1.88. The van der Waals surface area contributed by atoms with Gasteiger partial charge in [0, 0.05) is 0 Å². The maximum absolute atomic E-state index is 3.58. The van der Waals surface area contributed by atoms with Crippen LogP contribution in [0.1, 0.15) is 13.8 Å². The molecule has 0 aromatic heterocycles. The molecule has 2 saturated heterocycles. The maximum atomic E-state index is 3.58. The third-order valence-electron chi connectivity index (χ3n) is 3.91. The van der Waals surface area contributed by atoms with Crippen LogP contribution in [-0.2, 0) is 0 Å². The van der Waals surface area contributed by atoms with Gasteiger partial charge in [0.15, 0.2) is 0 Å². The van der Waals surface area contributed by atoms with Crippen molar-refractivity contribution in [2.75, 3.05) is 52.4 Å². The van der Waals surface area contributed by atoms with Crippen molar-refractivity contribution in [3.05, 3.63) is 0 Å². The first-order valence-corrected chi connectivity index (χ1v) is 10.3. The SMILES string of the molecule is CCN1CCNC[CH]1[Sn][CH]1CNCCN1CC. The first-order valence-electron chi connectivity index (χ1n) is 7.00. The van der Waals surface area contributed by atoms with Crippen LogP contribution >= 0.6 is 0 Å². The van der Waals surface area contributed by atoms with Crippen LogP contribution in [0.15, 0.2) is 0 Å². The third-order valence-corrected chi connectivity index (χ3v) is 9.35. The Hall–Kier alpha value is 0.639. The molecule has 2 atom stereocenters. The van der Waals surface area contributed by atoms with E-state index in [0.29, 0.717) is 0 Å². The number of nitrogens with zero attached hydrogens (tertiary/aromatic N) is 2. The third kappa shape index (κ3) is 3.80. The van der Waals surface area contributed by atoms with E-state index in [1.165, 1.54) is 52.4 Å². The summed E-state index contributed by atoms with van der Waals surface area (Å²) in [6, 6.07) is 0. The molecule has 5 heteroatoms. The van der Waals surface area contributed by atoms with Gasteiger partial charge in [-0.3, -0.25) is 0 Å². The Morgan fingerprint density at radius 2 is 1.41 bits per heavy atom. The van der Waals surface area contributed by atoms with Crippen LogP contribution in [-0.4, -0.2) is 91.4 Å². The molecule has 2 rings (SSSR count). The fraction of sp³-hybridized carbons (Fsp3) is 1.00. The second kappa shape index (κ2) is 7.28. The number of rotatable bonds is 4. The summed E-state index contributed by atoms with van der Waals surface area (Å²) in [7, 11) is 0. The zero-order valence-electron chi connectivity index (χ0n) is 11.2. The van der Waals surface area contributed by atoms with Crippen LogP contribution in [0.2, 0.25) is 0 Å². The minimum atomic E-state index is -0.379. The summed E-state index contributed by atoms with van der Waals surface area (Å²) in [5, 5.41) is 7.17. The van der Waals surface area contributed by atoms with Crippen LogP contribution in [0, 0.1) is 0 Å². The van der Waals surface area contributed by atoms with Gasteiger partial charge in [0.25, 0.3) is 0 Å². The molecular formula is C12H26N4Sn. The number of hydrogen-bond donors (Lipinski definition) is 2. The Bertz CT molecular complexity index is 205. The predicted octanol–water partition coefficient (Wildman–Crippen LogP) is -0.807. The van der Waals surface area contributed by atoms with Crippen molar-refractivity contribution >= 4 is 21.1 Å². The zero-order chi connectivity index (χ0) is 12.1. The summed E-state index contributed by atoms with van der Waals surface area (Å²) in [4.78, 5) is 5.43. The Labute approximate surface area is 116 Å². The van der Waals surface area contributed by atoms with Gasteiger partial charge in [0.1, 0.15) is 0 Å². The number of nitrogens with one attached hydrogen (secondary N) is 2. The summed E-state index contributed by atoms with van der Waals surface area (Å²) in [5.41, 5.74) is 0. The van der Waals surface area contributed by atoms with Crippen LogP contribution in [0.5, 0.6) is 0 Å². The monoisotopic (exact) mass is 346 g/mol. The second-order valence-electron chi connectivity index (χ2n) is 4.86. The molecule has 2 aliphatic rings. The van der Waals surface area contributed by atoms with E-state index in [4.69, 9.17) is 0 Å². The fourth-order valence-electron chi connectivity index (χ4n) is 2.80. The van der Waals surface area contributed by atoms with Crippen molar-refractivity contribution in [2.24, 2.45) is 0 Å². The molecule has 2 heterocycles. The van der Waals surface area contributed by atoms with Gasteiger partial charge < -0.3 is 0 Å². The van der Waals surface area contributed by atoms with Gasteiger partial charge in [-0.15, -0.1) is 0 Å². The van der Waals surface area contributed by atoms with Crippen LogP contribution in [0.3, 0.4) is 0 Å². The van der Waals surface area contributed by atoms with Gasteiger partial charge in [-0.1, -0.05) is 0 Å². The molecule has 2 fully saturated rings. The molecule has 0 aromatic carbocycles. The Morgan fingerprint density at radius 1 is 0.941 bits per heavy atom. The molecular weight excluding hydrogens is 319 g/mol. The second-order valence-corrected chi connectivity index (χ2v) is 9.62. The summed E-state index contributed by atoms with van der Waals surface area (Å²) in [6.07, 6.45) is 0. The van der Waals surface area contributed by atoms with E-state index in [1.807, 2.05) is 0 Å². The van der Waals surface area contributed by atoms with E-state index in [2.05, 4.69) is 34.3 Å². The van der Waals surface area contributed by atoms with Gasteiger partial charge in [0.2, 0.25) is 0 Å². The summed E-state index contributed by atoms with van der Waals surface area (Å²) in [6.45, 7) is 14.5. The molecule has 0 bridgehead atoms. The van der Waals surface area contributed by atoms with Gasteiger partial charge in [-0.05, 0) is 0 Å². The van der Waals surface area contributed by atoms with Crippen LogP contribution in [0.4, 0.5) is 0 Å². The predicted molar refractivity (Wildman–Crippen MR) is 73.6 cm³/mol. The van der Waals surface area contributed by atoms with E-state index in [-0.39, 0.29) is 21.1 Å². The molecule has 2 radical (unpaired) electrons. The standard InChI is InChI=1S/2C6H13N2.Sn/c2*1-2-8-5-3-7-4-6-8;/h2*5,7H,2-4,6H2,1H3;. The molecule has 0 saturated carbocycles. The normalized spacial score (nSPS) is 32.8. The molecule has 4 nitrogen and oxygen atoms in total. The van der Waals surface area contributed by atoms with Gasteiger partial charge in [-0.2, -0.15) is 0 Å². The van der Waals surface area contributed by atoms with Crippen molar-refractivity contribution < 1.29 is 0 Å². The molecule has 17 heavy (non-hydrogen) atoms. The number of piperazine rings is 2. The first kappa shape index (κ1) is 14.1. The van der Waals surface area contributed by atoms with Crippen molar-refractivity contribution in [2.45, 2.75) is 22.0 Å². The van der Waals surface area contributed by atoms with Gasteiger partial charge >= 0.3 is 116 Å². The Morgan fingerprint density at radius 3 is 1.82 bits per heavy atom. The molecule has 0 aliphatic carbocycles. The first-order chi connectivity index (χ1) is 8.35. The van der Waals surface area contributed by atoms with Crippen LogP contribution in [0.25, 0.3) is 0 Å². The minimum absolute atomic E-state index is 0.379. The average Bonchev–Trinajstić information content (AvgIpc) is 2.40. The quantitative estimate of drug-likeness (QED) is 0.653. The molecule has 2 aliphatic heterocycles. The van der Waals surface area contributed by atoms with Crippen molar-refractivity contribution in [1.82, 2.24) is 20.4 Å². The summed E-state index contributed by atoms with van der Waals surface area (Å²) >= 11 is -0.379. The molecule has 2 unspecified atom stereocenters. The molecule has 0 aromatic rings. The average molecular weight is 345 g/mol. The number of likely N-dealkylation sites (N-methyl/N-ethyl adjacent to an activating group) is 2. The van der Waals surface area contributed by atoms with Gasteiger partial charge in [-0.25, -0.2) is 0 Å². The van der Waals surface area contributed by atoms with Crippen LogP contribution < -0.4 is 10.6 Å². The molecule has 2 N–H and O–H groups in total. The number of hydrogen-bond acceptors (Lipinski definition) is 4. The molecule has 98 valence electrons. The van der Waals surface area contributed by atoms with E-state index in [0.717, 1.165) is 8.12 Å². The molecule has 0 spiro atoms. The zero-order valence-corrected chi connectivity index (χ0v) is 14.1. The van der Waals surface area contributed by atoms with E-state index in [9.17, 15) is 0 Å². The van der Waals surface area contributed by atoms with E-state index >= 15 is 0 Å². The van der Waals surface area contributed by atoms with Gasteiger partial charge in [0.05, 0.1) is 0 Å². The summed E-state index contributed by atoms with van der Waals surface area (Å²) in [5.74, 6) is 0. The fourth-order valence-corrected chi connectivity index (χ4v) is 8.55. The van der Waals surface area contributed by atoms with E-state index in [1.54, 1.807) is 0 Å². The molecule has 0 amide bonds. The van der Waals surface area contributed by atoms with Crippen molar-refractivity contribution in [1.29, 1.82) is 0 Å². The van der Waals surface area contributed by atoms with Crippen molar-refractivity contribution in [3.63, 3.8) is 0 Å². The Kier molecular flexibility index (Phi) is 6.02.